The van der Waals surface area contributed by atoms with Crippen LogP contribution in [-0.2, 0) is 14.1 Å². The van der Waals surface area contributed by atoms with Gasteiger partial charge in [0.1, 0.15) is 23.1 Å². The Morgan fingerprint density at radius 3 is 2.33 bits per heavy atom. The van der Waals surface area contributed by atoms with Gasteiger partial charge in [0, 0.05) is 32.6 Å². The van der Waals surface area contributed by atoms with Crippen molar-refractivity contribution in [2.75, 3.05) is 5.73 Å². The predicted molar refractivity (Wildman–Crippen MR) is 75.2 cm³/mol. The van der Waals surface area contributed by atoms with Gasteiger partial charge in [0.05, 0.1) is 5.56 Å². The average Bonchev–Trinajstić information content (AvgIpc) is 2.93. The molecule has 0 radical (unpaired) electrons. The normalized spacial score (nSPS) is 11.0. The van der Waals surface area contributed by atoms with E-state index >= 15 is 0 Å². The second-order valence-electron chi connectivity index (χ2n) is 4.75. The van der Waals surface area contributed by atoms with Crippen LogP contribution in [0.1, 0.15) is 0 Å². The van der Waals surface area contributed by atoms with E-state index in [0.29, 0.717) is 28.5 Å². The molecule has 1 aromatic carbocycles. The van der Waals surface area contributed by atoms with Gasteiger partial charge in [-0.15, -0.1) is 0 Å². The van der Waals surface area contributed by atoms with Gasteiger partial charge in [0.25, 0.3) is 0 Å². The van der Waals surface area contributed by atoms with Crippen LogP contribution in [0.4, 0.5) is 14.6 Å². The van der Waals surface area contributed by atoms with E-state index in [-0.39, 0.29) is 0 Å². The Morgan fingerprint density at radius 2 is 1.76 bits per heavy atom. The molecule has 0 saturated carbocycles. The minimum absolute atomic E-state index is 0.318. The Labute approximate surface area is 119 Å². The van der Waals surface area contributed by atoms with E-state index in [0.717, 1.165) is 6.07 Å². The molecular formula is C14H13F2N5. The number of nitrogens with zero attached hydrogens (tertiary/aromatic N) is 4. The molecule has 3 rings (SSSR count). The first-order valence-corrected chi connectivity index (χ1v) is 6.24. The van der Waals surface area contributed by atoms with Gasteiger partial charge in [-0.3, -0.25) is 4.68 Å². The van der Waals surface area contributed by atoms with Crippen LogP contribution in [-0.4, -0.2) is 19.3 Å². The van der Waals surface area contributed by atoms with Crippen LogP contribution in [0.2, 0.25) is 0 Å². The van der Waals surface area contributed by atoms with E-state index in [1.54, 1.807) is 24.0 Å². The van der Waals surface area contributed by atoms with E-state index < -0.39 is 11.6 Å². The summed E-state index contributed by atoms with van der Waals surface area (Å²) in [6, 6.07) is 3.27. The summed E-state index contributed by atoms with van der Waals surface area (Å²) in [6.45, 7) is 0. The maximum atomic E-state index is 13.5. The number of nitrogens with two attached hydrogens (primary N) is 1. The number of hydrogen-bond donors (Lipinski definition) is 1. The third kappa shape index (κ3) is 2.16. The summed E-state index contributed by atoms with van der Waals surface area (Å²) in [5.74, 6) is -0.446. The van der Waals surface area contributed by atoms with E-state index in [1.807, 2.05) is 7.05 Å². The molecule has 0 aliphatic heterocycles. The lowest BCUT2D eigenvalue weighted by Crippen LogP contribution is -1.98. The van der Waals surface area contributed by atoms with Gasteiger partial charge < -0.3 is 10.3 Å². The van der Waals surface area contributed by atoms with Crippen molar-refractivity contribution in [1.82, 2.24) is 19.3 Å². The van der Waals surface area contributed by atoms with Crippen molar-refractivity contribution < 1.29 is 8.78 Å². The Kier molecular flexibility index (Phi) is 2.97. The molecule has 3 aromatic rings. The highest BCUT2D eigenvalue weighted by Gasteiger charge is 2.21. The van der Waals surface area contributed by atoms with Crippen LogP contribution in [0.15, 0.2) is 30.6 Å². The SMILES string of the molecule is Cn1ccnc1-c1nn(C)c(N)c1-c1cc(F)cc(F)c1. The third-order valence-electron chi connectivity index (χ3n) is 3.28. The van der Waals surface area contributed by atoms with E-state index in [2.05, 4.69) is 10.1 Å². The second-order valence-corrected chi connectivity index (χ2v) is 4.75. The lowest BCUT2D eigenvalue weighted by molar-refractivity contribution is 0.584. The second kappa shape index (κ2) is 4.69. The largest absolute Gasteiger partial charge is 0.383 e. The third-order valence-corrected chi connectivity index (χ3v) is 3.28. The number of hydrogen-bond acceptors (Lipinski definition) is 3. The number of imidazole rings is 1. The van der Waals surface area contributed by atoms with Crippen molar-refractivity contribution in [2.24, 2.45) is 14.1 Å². The van der Waals surface area contributed by atoms with E-state index in [1.165, 1.54) is 16.8 Å². The summed E-state index contributed by atoms with van der Waals surface area (Å²) in [5.41, 5.74) is 7.28. The summed E-state index contributed by atoms with van der Waals surface area (Å²) in [4.78, 5) is 4.22. The quantitative estimate of drug-likeness (QED) is 0.787. The van der Waals surface area contributed by atoms with Crippen molar-refractivity contribution in [2.45, 2.75) is 0 Å². The maximum absolute atomic E-state index is 13.5. The van der Waals surface area contributed by atoms with Gasteiger partial charge in [-0.2, -0.15) is 5.10 Å². The molecule has 0 unspecified atom stereocenters. The first-order chi connectivity index (χ1) is 9.97. The number of halogens is 2. The monoisotopic (exact) mass is 289 g/mol. The molecule has 7 heteroatoms. The summed E-state index contributed by atoms with van der Waals surface area (Å²) in [6.07, 6.45) is 3.38. The zero-order chi connectivity index (χ0) is 15.1. The van der Waals surface area contributed by atoms with Gasteiger partial charge in [-0.1, -0.05) is 0 Å². The number of benzene rings is 1. The van der Waals surface area contributed by atoms with E-state index in [9.17, 15) is 8.78 Å². The Hall–Kier alpha value is -2.70. The molecule has 0 bridgehead atoms. The van der Waals surface area contributed by atoms with E-state index in [4.69, 9.17) is 5.73 Å². The molecule has 0 spiro atoms. The Morgan fingerprint density at radius 1 is 1.10 bits per heavy atom. The highest BCUT2D eigenvalue weighted by Crippen LogP contribution is 2.35. The lowest BCUT2D eigenvalue weighted by atomic mass is 10.0. The topological polar surface area (TPSA) is 61.7 Å². The number of aromatic nitrogens is 4. The molecule has 0 saturated heterocycles. The predicted octanol–water partition coefficient (Wildman–Crippen LogP) is 2.35. The van der Waals surface area contributed by atoms with Crippen LogP contribution in [0.3, 0.4) is 0 Å². The number of nitrogen functional groups attached to an aromatic ring is 1. The van der Waals surface area contributed by atoms with Crippen molar-refractivity contribution in [1.29, 1.82) is 0 Å². The summed E-state index contributed by atoms with van der Waals surface area (Å²) < 4.78 is 30.2. The van der Waals surface area contributed by atoms with Gasteiger partial charge in [0.2, 0.25) is 0 Å². The summed E-state index contributed by atoms with van der Waals surface area (Å²) in [5, 5.41) is 4.31. The fourth-order valence-corrected chi connectivity index (χ4v) is 2.27. The van der Waals surface area contributed by atoms with Crippen molar-refractivity contribution >= 4 is 5.82 Å². The summed E-state index contributed by atoms with van der Waals surface area (Å²) >= 11 is 0. The molecule has 0 amide bonds. The lowest BCUT2D eigenvalue weighted by Gasteiger charge is -2.05. The fourth-order valence-electron chi connectivity index (χ4n) is 2.27. The Balaban J connectivity index is 2.29. The first-order valence-electron chi connectivity index (χ1n) is 6.24. The number of anilines is 1. The number of rotatable bonds is 2. The van der Waals surface area contributed by atoms with Gasteiger partial charge in [0.15, 0.2) is 5.82 Å². The van der Waals surface area contributed by atoms with Gasteiger partial charge in [-0.05, 0) is 17.7 Å². The van der Waals surface area contributed by atoms with Crippen LogP contribution in [0.5, 0.6) is 0 Å². The molecule has 0 atom stereocenters. The highest BCUT2D eigenvalue weighted by atomic mass is 19.1. The molecular weight excluding hydrogens is 276 g/mol. The number of aryl methyl sites for hydroxylation is 2. The molecule has 21 heavy (non-hydrogen) atoms. The zero-order valence-electron chi connectivity index (χ0n) is 11.5. The van der Waals surface area contributed by atoms with Gasteiger partial charge >= 0.3 is 0 Å². The highest BCUT2D eigenvalue weighted by molar-refractivity contribution is 5.86. The Bertz CT molecular complexity index is 799. The van der Waals surface area contributed by atoms with Gasteiger partial charge in [-0.25, -0.2) is 13.8 Å². The van der Waals surface area contributed by atoms with Crippen molar-refractivity contribution in [3.63, 3.8) is 0 Å². The molecule has 0 aliphatic rings. The van der Waals surface area contributed by atoms with Crippen molar-refractivity contribution in [3.05, 3.63) is 42.2 Å². The molecule has 0 aliphatic carbocycles. The molecule has 2 heterocycles. The minimum atomic E-state index is -0.668. The standard InChI is InChI=1S/C14H13F2N5/c1-20-4-3-18-14(20)12-11(13(17)21(2)19-12)8-5-9(15)7-10(16)6-8/h3-7H,17H2,1-2H3. The van der Waals surface area contributed by atoms with Crippen LogP contribution in [0.25, 0.3) is 22.6 Å². The van der Waals surface area contributed by atoms with Crippen molar-refractivity contribution in [3.8, 4) is 22.6 Å². The molecule has 0 fully saturated rings. The average molecular weight is 289 g/mol. The zero-order valence-corrected chi connectivity index (χ0v) is 11.5. The molecule has 5 nitrogen and oxygen atoms in total. The van der Waals surface area contributed by atoms with Crippen LogP contribution >= 0.6 is 0 Å². The maximum Gasteiger partial charge on any atom is 0.161 e. The van der Waals surface area contributed by atoms with Crippen LogP contribution in [0, 0.1) is 11.6 Å². The molecule has 2 N–H and O–H groups in total. The molecule has 108 valence electrons. The molecule has 2 aromatic heterocycles. The van der Waals surface area contributed by atoms with Crippen LogP contribution < -0.4 is 5.73 Å². The minimum Gasteiger partial charge on any atom is -0.383 e. The summed E-state index contributed by atoms with van der Waals surface area (Å²) in [7, 11) is 3.48. The smallest absolute Gasteiger partial charge is 0.161 e. The fraction of sp³-hybridized carbons (Fsp3) is 0.143. The first kappa shape index (κ1) is 13.3.